The van der Waals surface area contributed by atoms with Gasteiger partial charge in [-0.1, -0.05) is 12.1 Å². The van der Waals surface area contributed by atoms with Crippen LogP contribution >= 0.6 is 0 Å². The molecule has 1 aromatic carbocycles. The van der Waals surface area contributed by atoms with E-state index in [-0.39, 0.29) is 31.1 Å². The minimum Gasteiger partial charge on any atom is -0.460 e. The molecule has 1 atom stereocenters. The highest BCUT2D eigenvalue weighted by molar-refractivity contribution is 6.38. The van der Waals surface area contributed by atoms with Gasteiger partial charge in [-0.15, -0.1) is 0 Å². The molecule has 0 radical (unpaired) electrons. The molecule has 12 heteroatoms. The Morgan fingerprint density at radius 3 is 2.28 bits per heavy atom. The largest absolute Gasteiger partial charge is 0.460 e. The summed E-state index contributed by atoms with van der Waals surface area (Å²) in [5.74, 6) is -1.47. The number of non-ortho nitro benzene ring substituents is 1. The van der Waals surface area contributed by atoms with Gasteiger partial charge in [-0.3, -0.25) is 10.1 Å². The third-order valence-electron chi connectivity index (χ3n) is 3.63. The molecule has 1 unspecified atom stereocenters. The highest BCUT2D eigenvalue weighted by atomic mass is 16.6. The maximum absolute atomic E-state index is 12.6. The number of carbonyl (C=O) groups is 3. The van der Waals surface area contributed by atoms with Crippen molar-refractivity contribution >= 4 is 29.7 Å². The molecule has 2 amide bonds. The van der Waals surface area contributed by atoms with Gasteiger partial charge in [0.05, 0.1) is 24.7 Å². The van der Waals surface area contributed by atoms with E-state index in [1.807, 2.05) is 0 Å². The number of nitro benzene ring substituents is 1. The summed E-state index contributed by atoms with van der Waals surface area (Å²) < 4.78 is 14.8. The molecule has 12 nitrogen and oxygen atoms in total. The number of amides is 2. The smallest absolute Gasteiger partial charge is 0.435 e. The molecule has 29 heavy (non-hydrogen) atoms. The van der Waals surface area contributed by atoms with Crippen molar-refractivity contribution in [2.24, 2.45) is 4.99 Å². The predicted molar refractivity (Wildman–Crippen MR) is 97.6 cm³/mol. The molecule has 0 spiro atoms. The van der Waals surface area contributed by atoms with Crippen molar-refractivity contribution < 1.29 is 33.5 Å². The topological polar surface area (TPSA) is 141 Å². The predicted octanol–water partition coefficient (Wildman–Crippen LogP) is 2.40. The van der Waals surface area contributed by atoms with Gasteiger partial charge in [0.15, 0.2) is 6.17 Å². The highest BCUT2D eigenvalue weighted by Crippen LogP contribution is 2.33. The number of amidine groups is 1. The van der Waals surface area contributed by atoms with Crippen LogP contribution in [0.25, 0.3) is 0 Å². The van der Waals surface area contributed by atoms with Crippen LogP contribution in [-0.4, -0.2) is 58.8 Å². The first kappa shape index (κ1) is 21.6. The molecule has 0 aromatic heterocycles. The number of ether oxygens (including phenoxy) is 3. The number of rotatable bonds is 6. The Balaban J connectivity index is 2.59. The maximum Gasteiger partial charge on any atom is 0.435 e. The normalized spacial score (nSPS) is 15.6. The number of nitro groups is 1. The van der Waals surface area contributed by atoms with Crippen LogP contribution in [-0.2, 0) is 19.0 Å². The molecule has 1 aliphatic heterocycles. The summed E-state index contributed by atoms with van der Waals surface area (Å²) in [7, 11) is 0. The Bertz CT molecular complexity index is 840. The summed E-state index contributed by atoms with van der Waals surface area (Å²) >= 11 is 0. The number of benzene rings is 1. The van der Waals surface area contributed by atoms with Gasteiger partial charge in [-0.2, -0.15) is 10.0 Å². The van der Waals surface area contributed by atoms with E-state index in [1.54, 1.807) is 20.8 Å². The summed E-state index contributed by atoms with van der Waals surface area (Å²) in [5.41, 5.74) is -0.0744. The number of esters is 1. The van der Waals surface area contributed by atoms with Crippen molar-refractivity contribution in [3.8, 4) is 0 Å². The lowest BCUT2D eigenvalue weighted by Crippen LogP contribution is -2.51. The van der Waals surface area contributed by atoms with E-state index in [0.29, 0.717) is 5.01 Å². The van der Waals surface area contributed by atoms with Crippen LogP contribution in [0.2, 0.25) is 0 Å². The molecule has 156 valence electrons. The van der Waals surface area contributed by atoms with E-state index in [4.69, 9.17) is 14.2 Å². The summed E-state index contributed by atoms with van der Waals surface area (Å²) in [6.07, 6.45) is -3.34. The van der Waals surface area contributed by atoms with Crippen molar-refractivity contribution in [3.05, 3.63) is 39.9 Å². The van der Waals surface area contributed by atoms with E-state index in [0.717, 1.165) is 5.01 Å². The summed E-state index contributed by atoms with van der Waals surface area (Å²) in [5, 5.41) is 12.5. The first-order chi connectivity index (χ1) is 13.8. The Morgan fingerprint density at radius 2 is 1.69 bits per heavy atom. The molecule has 0 fully saturated rings. The van der Waals surface area contributed by atoms with Gasteiger partial charge in [0, 0.05) is 17.7 Å². The second-order valence-electron chi connectivity index (χ2n) is 5.45. The quantitative estimate of drug-likeness (QED) is 0.302. The van der Waals surface area contributed by atoms with Crippen LogP contribution in [0.4, 0.5) is 15.3 Å². The number of hydrogen-bond acceptors (Lipinski definition) is 9. The molecule has 1 aliphatic rings. The zero-order chi connectivity index (χ0) is 21.6. The van der Waals surface area contributed by atoms with Gasteiger partial charge >= 0.3 is 18.2 Å². The zero-order valence-corrected chi connectivity index (χ0v) is 16.1. The molecule has 0 N–H and O–H groups in total. The molecule has 0 bridgehead atoms. The monoisotopic (exact) mass is 408 g/mol. The molecule has 1 heterocycles. The Hall–Kier alpha value is -3.70. The minimum atomic E-state index is -1.28. The van der Waals surface area contributed by atoms with E-state index in [1.165, 1.54) is 24.3 Å². The van der Waals surface area contributed by atoms with Crippen LogP contribution < -0.4 is 0 Å². The van der Waals surface area contributed by atoms with Gasteiger partial charge in [0.1, 0.15) is 0 Å². The van der Waals surface area contributed by atoms with Gasteiger partial charge in [-0.25, -0.2) is 19.4 Å². The third-order valence-corrected chi connectivity index (χ3v) is 3.63. The second-order valence-corrected chi connectivity index (χ2v) is 5.45. The average Bonchev–Trinajstić information content (AvgIpc) is 3.09. The van der Waals surface area contributed by atoms with Crippen molar-refractivity contribution in [2.45, 2.75) is 26.9 Å². The molecule has 0 aliphatic carbocycles. The lowest BCUT2D eigenvalue weighted by atomic mass is 10.1. The third kappa shape index (κ3) is 4.59. The fourth-order valence-corrected chi connectivity index (χ4v) is 2.52. The molecule has 2 rings (SSSR count). The summed E-state index contributed by atoms with van der Waals surface area (Å²) in [6.45, 7) is 4.59. The first-order valence-electron chi connectivity index (χ1n) is 8.77. The van der Waals surface area contributed by atoms with Crippen LogP contribution in [0, 0.1) is 10.1 Å². The van der Waals surface area contributed by atoms with Gasteiger partial charge < -0.3 is 14.2 Å². The van der Waals surface area contributed by atoms with E-state index in [9.17, 15) is 24.5 Å². The average molecular weight is 408 g/mol. The Labute approximate surface area is 165 Å². The molecular formula is C17H20N4O8. The fraction of sp³-hybridized carbons (Fsp3) is 0.412. The second kappa shape index (κ2) is 9.48. The highest BCUT2D eigenvalue weighted by Gasteiger charge is 2.47. The van der Waals surface area contributed by atoms with E-state index >= 15 is 0 Å². The first-order valence-corrected chi connectivity index (χ1v) is 8.77. The fourth-order valence-electron chi connectivity index (χ4n) is 2.52. The number of aliphatic imine (C=N–C) groups is 1. The van der Waals surface area contributed by atoms with E-state index < -0.39 is 35.1 Å². The van der Waals surface area contributed by atoms with Gasteiger partial charge in [0.25, 0.3) is 5.69 Å². The van der Waals surface area contributed by atoms with Gasteiger partial charge in [0.2, 0.25) is 5.84 Å². The van der Waals surface area contributed by atoms with E-state index in [2.05, 4.69) is 4.99 Å². The van der Waals surface area contributed by atoms with Crippen molar-refractivity contribution in [3.63, 3.8) is 0 Å². The number of hydrazine groups is 1. The van der Waals surface area contributed by atoms with Crippen molar-refractivity contribution in [1.82, 2.24) is 10.0 Å². The van der Waals surface area contributed by atoms with Gasteiger partial charge in [-0.05, 0) is 20.8 Å². The SMILES string of the molecule is CCOC(=O)C1=NC(c2cccc([N+](=O)[O-])c2)N(C(=O)OCC)N1C(=O)OCC. The molecular weight excluding hydrogens is 388 g/mol. The maximum atomic E-state index is 12.6. The van der Waals surface area contributed by atoms with Crippen molar-refractivity contribution in [2.75, 3.05) is 19.8 Å². The number of hydrogen-bond donors (Lipinski definition) is 0. The summed E-state index contributed by atoms with van der Waals surface area (Å²) in [6, 6.07) is 5.29. The van der Waals surface area contributed by atoms with Crippen LogP contribution in [0.3, 0.4) is 0 Å². The van der Waals surface area contributed by atoms with Crippen LogP contribution in [0.15, 0.2) is 29.3 Å². The molecule has 1 aromatic rings. The Kier molecular flexibility index (Phi) is 7.06. The Morgan fingerprint density at radius 1 is 1.07 bits per heavy atom. The molecule has 0 saturated heterocycles. The standard InChI is InChI=1S/C17H20N4O8/c1-4-27-15(22)14-18-13(11-8-7-9-12(10-11)21(25)26)19(16(23)28-5-2)20(14)17(24)29-6-3/h7-10,13H,4-6H2,1-3H3. The van der Waals surface area contributed by atoms with Crippen LogP contribution in [0.1, 0.15) is 32.5 Å². The van der Waals surface area contributed by atoms with Crippen molar-refractivity contribution in [1.29, 1.82) is 0 Å². The lowest BCUT2D eigenvalue weighted by Gasteiger charge is -2.29. The number of nitrogens with zero attached hydrogens (tertiary/aromatic N) is 4. The summed E-state index contributed by atoms with van der Waals surface area (Å²) in [4.78, 5) is 52.0. The lowest BCUT2D eigenvalue weighted by molar-refractivity contribution is -0.385. The number of carbonyl (C=O) groups excluding carboxylic acids is 3. The zero-order valence-electron chi connectivity index (χ0n) is 16.1. The minimum absolute atomic E-state index is 0.00456. The van der Waals surface area contributed by atoms with Crippen LogP contribution in [0.5, 0.6) is 0 Å². The molecule has 0 saturated carbocycles.